The Balaban J connectivity index is 0.00000180. The molecule has 4 nitrogen and oxygen atoms in total. The van der Waals surface area contributed by atoms with Crippen molar-refractivity contribution in [2.45, 2.75) is 38.5 Å². The molecule has 0 aromatic carbocycles. The molecule has 2 atom stereocenters. The maximum atomic E-state index is 5.87. The quantitative estimate of drug-likeness (QED) is 0.916. The molecule has 0 radical (unpaired) electrons. The molecule has 2 N–H and O–H groups in total. The predicted molar refractivity (Wildman–Crippen MR) is 79.5 cm³/mol. The Morgan fingerprint density at radius 3 is 2.84 bits per heavy atom. The van der Waals surface area contributed by atoms with E-state index in [9.17, 15) is 0 Å². The van der Waals surface area contributed by atoms with Gasteiger partial charge in [0.15, 0.2) is 0 Å². The van der Waals surface area contributed by atoms with Gasteiger partial charge in [-0.25, -0.2) is 0 Å². The molecule has 1 fully saturated rings. The SMILES string of the molecule is COC1CCN(Cc2ccc(C)cn2)C(CN)C1.Cl. The van der Waals surface area contributed by atoms with Crippen molar-refractivity contribution >= 4 is 12.4 Å². The molecule has 2 rings (SSSR count). The summed E-state index contributed by atoms with van der Waals surface area (Å²) >= 11 is 0. The molecular weight excluding hydrogens is 262 g/mol. The van der Waals surface area contributed by atoms with Gasteiger partial charge in [0.1, 0.15) is 0 Å². The van der Waals surface area contributed by atoms with E-state index in [1.807, 2.05) is 6.20 Å². The number of aryl methyl sites for hydroxylation is 1. The van der Waals surface area contributed by atoms with Gasteiger partial charge in [-0.05, 0) is 31.4 Å². The molecule has 1 aliphatic rings. The van der Waals surface area contributed by atoms with E-state index in [2.05, 4.69) is 28.9 Å². The van der Waals surface area contributed by atoms with Gasteiger partial charge in [-0.15, -0.1) is 12.4 Å². The smallest absolute Gasteiger partial charge is 0.0599 e. The van der Waals surface area contributed by atoms with Crippen molar-refractivity contribution in [3.63, 3.8) is 0 Å². The van der Waals surface area contributed by atoms with Crippen molar-refractivity contribution in [2.75, 3.05) is 20.2 Å². The third-order valence-electron chi connectivity index (χ3n) is 3.73. The van der Waals surface area contributed by atoms with Crippen LogP contribution in [-0.4, -0.2) is 42.2 Å². The fourth-order valence-electron chi connectivity index (χ4n) is 2.53. The van der Waals surface area contributed by atoms with Crippen LogP contribution in [0, 0.1) is 6.92 Å². The summed E-state index contributed by atoms with van der Waals surface area (Å²) < 4.78 is 5.44. The highest BCUT2D eigenvalue weighted by molar-refractivity contribution is 5.85. The summed E-state index contributed by atoms with van der Waals surface area (Å²) in [6.07, 6.45) is 4.40. The first kappa shape index (κ1) is 16.4. The summed E-state index contributed by atoms with van der Waals surface area (Å²) in [7, 11) is 1.79. The lowest BCUT2D eigenvalue weighted by Crippen LogP contribution is -2.48. The van der Waals surface area contributed by atoms with E-state index in [1.54, 1.807) is 7.11 Å². The molecule has 2 heterocycles. The monoisotopic (exact) mass is 285 g/mol. The van der Waals surface area contributed by atoms with Crippen molar-refractivity contribution in [3.05, 3.63) is 29.6 Å². The van der Waals surface area contributed by atoms with Crippen LogP contribution in [-0.2, 0) is 11.3 Å². The highest BCUT2D eigenvalue weighted by Crippen LogP contribution is 2.20. The van der Waals surface area contributed by atoms with Crippen LogP contribution in [0.1, 0.15) is 24.1 Å². The summed E-state index contributed by atoms with van der Waals surface area (Å²) in [6.45, 7) is 4.67. The largest absolute Gasteiger partial charge is 0.381 e. The minimum atomic E-state index is 0. The number of nitrogens with zero attached hydrogens (tertiary/aromatic N) is 2. The van der Waals surface area contributed by atoms with Crippen LogP contribution in [0.5, 0.6) is 0 Å². The average Bonchev–Trinajstić information content (AvgIpc) is 2.41. The summed E-state index contributed by atoms with van der Waals surface area (Å²) in [5, 5.41) is 0. The van der Waals surface area contributed by atoms with Gasteiger partial charge in [-0.3, -0.25) is 9.88 Å². The molecule has 1 aromatic rings. The van der Waals surface area contributed by atoms with Gasteiger partial charge in [-0.1, -0.05) is 6.07 Å². The maximum Gasteiger partial charge on any atom is 0.0599 e. The molecule has 0 aliphatic carbocycles. The molecule has 1 aliphatic heterocycles. The van der Waals surface area contributed by atoms with Crippen molar-refractivity contribution < 1.29 is 4.74 Å². The fraction of sp³-hybridized carbons (Fsp3) is 0.643. The van der Waals surface area contributed by atoms with Crippen LogP contribution in [0.25, 0.3) is 0 Å². The van der Waals surface area contributed by atoms with Gasteiger partial charge in [0.25, 0.3) is 0 Å². The zero-order valence-electron chi connectivity index (χ0n) is 11.7. The van der Waals surface area contributed by atoms with Crippen molar-refractivity contribution in [2.24, 2.45) is 5.73 Å². The molecular formula is C14H24ClN3O. The van der Waals surface area contributed by atoms with Crippen LogP contribution >= 0.6 is 12.4 Å². The number of hydrogen-bond acceptors (Lipinski definition) is 4. The van der Waals surface area contributed by atoms with E-state index in [0.29, 0.717) is 18.7 Å². The van der Waals surface area contributed by atoms with Gasteiger partial charge >= 0.3 is 0 Å². The molecule has 5 heteroatoms. The number of methoxy groups -OCH3 is 1. The van der Waals surface area contributed by atoms with Gasteiger partial charge in [0, 0.05) is 39.0 Å². The number of ether oxygens (including phenoxy) is 1. The predicted octanol–water partition coefficient (Wildman–Crippen LogP) is 1.75. The molecule has 0 amide bonds. The third-order valence-corrected chi connectivity index (χ3v) is 3.73. The van der Waals surface area contributed by atoms with Crippen LogP contribution in [0.4, 0.5) is 0 Å². The van der Waals surface area contributed by atoms with Crippen molar-refractivity contribution in [1.82, 2.24) is 9.88 Å². The highest BCUT2D eigenvalue weighted by atomic mass is 35.5. The summed E-state index contributed by atoms with van der Waals surface area (Å²) in [5.74, 6) is 0. The summed E-state index contributed by atoms with van der Waals surface area (Å²) in [4.78, 5) is 6.89. The Labute approximate surface area is 121 Å². The lowest BCUT2D eigenvalue weighted by Gasteiger charge is -2.38. The van der Waals surface area contributed by atoms with E-state index < -0.39 is 0 Å². The third kappa shape index (κ3) is 4.42. The zero-order chi connectivity index (χ0) is 13.0. The topological polar surface area (TPSA) is 51.4 Å². The van der Waals surface area contributed by atoms with E-state index >= 15 is 0 Å². The minimum Gasteiger partial charge on any atom is -0.381 e. The van der Waals surface area contributed by atoms with Crippen LogP contribution in [0.2, 0.25) is 0 Å². The Hall–Kier alpha value is -0.680. The van der Waals surface area contributed by atoms with E-state index in [1.165, 1.54) is 5.56 Å². The number of likely N-dealkylation sites (tertiary alicyclic amines) is 1. The molecule has 1 aromatic heterocycles. The maximum absolute atomic E-state index is 5.87. The molecule has 108 valence electrons. The average molecular weight is 286 g/mol. The number of rotatable bonds is 4. The Morgan fingerprint density at radius 1 is 1.47 bits per heavy atom. The van der Waals surface area contributed by atoms with Crippen molar-refractivity contribution in [1.29, 1.82) is 0 Å². The first-order chi connectivity index (χ1) is 8.72. The van der Waals surface area contributed by atoms with E-state index in [-0.39, 0.29) is 12.4 Å². The number of pyridine rings is 1. The molecule has 0 spiro atoms. The number of piperidine rings is 1. The van der Waals surface area contributed by atoms with Gasteiger partial charge in [-0.2, -0.15) is 0 Å². The second-order valence-electron chi connectivity index (χ2n) is 5.07. The lowest BCUT2D eigenvalue weighted by atomic mass is 9.99. The first-order valence-corrected chi connectivity index (χ1v) is 6.61. The van der Waals surface area contributed by atoms with Crippen LogP contribution < -0.4 is 5.73 Å². The van der Waals surface area contributed by atoms with E-state index in [4.69, 9.17) is 10.5 Å². The number of nitrogens with two attached hydrogens (primary N) is 1. The molecule has 2 unspecified atom stereocenters. The van der Waals surface area contributed by atoms with Gasteiger partial charge in [0.05, 0.1) is 11.8 Å². The standard InChI is InChI=1S/C14H23N3O.ClH/c1-11-3-4-12(16-9-11)10-17-6-5-14(18-2)7-13(17)8-15;/h3-4,9,13-14H,5-8,10,15H2,1-2H3;1H. The Bertz CT molecular complexity index is 371. The van der Waals surface area contributed by atoms with Crippen LogP contribution in [0.3, 0.4) is 0 Å². The van der Waals surface area contributed by atoms with Gasteiger partial charge < -0.3 is 10.5 Å². The van der Waals surface area contributed by atoms with Crippen LogP contribution in [0.15, 0.2) is 18.3 Å². The first-order valence-electron chi connectivity index (χ1n) is 6.61. The number of halogens is 1. The highest BCUT2D eigenvalue weighted by Gasteiger charge is 2.27. The second kappa shape index (κ2) is 7.80. The molecule has 1 saturated heterocycles. The Kier molecular flexibility index (Phi) is 6.72. The second-order valence-corrected chi connectivity index (χ2v) is 5.07. The molecule has 19 heavy (non-hydrogen) atoms. The fourth-order valence-corrected chi connectivity index (χ4v) is 2.53. The molecule has 0 saturated carbocycles. The minimum absolute atomic E-state index is 0. The molecule has 0 bridgehead atoms. The lowest BCUT2D eigenvalue weighted by molar-refractivity contribution is 0.00978. The zero-order valence-corrected chi connectivity index (χ0v) is 12.5. The Morgan fingerprint density at radius 2 is 2.26 bits per heavy atom. The summed E-state index contributed by atoms with van der Waals surface area (Å²) in [5.41, 5.74) is 8.19. The van der Waals surface area contributed by atoms with Crippen molar-refractivity contribution in [3.8, 4) is 0 Å². The number of aromatic nitrogens is 1. The summed E-state index contributed by atoms with van der Waals surface area (Å²) in [6, 6.07) is 4.62. The van der Waals surface area contributed by atoms with E-state index in [0.717, 1.165) is 31.6 Å². The number of hydrogen-bond donors (Lipinski definition) is 1. The van der Waals surface area contributed by atoms with Gasteiger partial charge in [0.2, 0.25) is 0 Å². The normalized spacial score (nSPS) is 23.9.